The Morgan fingerprint density at radius 1 is 1.45 bits per heavy atom. The van der Waals surface area contributed by atoms with Crippen LogP contribution in [0.3, 0.4) is 0 Å². The van der Waals surface area contributed by atoms with Gasteiger partial charge in [-0.2, -0.15) is 0 Å². The Kier molecular flexibility index (Phi) is 5.84. The first-order valence-electron chi connectivity index (χ1n) is 4.22. The van der Waals surface area contributed by atoms with Crippen molar-refractivity contribution in [3.8, 4) is 0 Å². The average molecular weight is 158 g/mol. The van der Waals surface area contributed by atoms with E-state index in [4.69, 9.17) is 5.73 Å². The molecular formula is C8H18N2O. The van der Waals surface area contributed by atoms with Gasteiger partial charge in [-0.1, -0.05) is 13.8 Å². The molecule has 0 unspecified atom stereocenters. The molecule has 0 radical (unpaired) electrons. The van der Waals surface area contributed by atoms with E-state index in [-0.39, 0.29) is 11.8 Å². The van der Waals surface area contributed by atoms with Crippen LogP contribution in [0.1, 0.15) is 26.7 Å². The molecule has 11 heavy (non-hydrogen) atoms. The van der Waals surface area contributed by atoms with E-state index >= 15 is 0 Å². The van der Waals surface area contributed by atoms with Crippen LogP contribution in [-0.4, -0.2) is 19.0 Å². The molecule has 0 bridgehead atoms. The molecule has 3 nitrogen and oxygen atoms in total. The molecule has 1 amide bonds. The van der Waals surface area contributed by atoms with Crippen LogP contribution in [0, 0.1) is 5.92 Å². The molecule has 1 fully saturated rings. The molecule has 1 aliphatic carbocycles. The molecule has 3 heteroatoms. The Morgan fingerprint density at radius 2 is 1.91 bits per heavy atom. The Hall–Kier alpha value is -0.570. The smallest absolute Gasteiger partial charge is 0.220 e. The molecule has 66 valence electrons. The molecule has 0 aromatic carbocycles. The van der Waals surface area contributed by atoms with Gasteiger partial charge in [-0.3, -0.25) is 4.79 Å². The Labute approximate surface area is 68.3 Å². The predicted octanol–water partition coefficient (Wildman–Crippen LogP) is 0.497. The zero-order chi connectivity index (χ0) is 8.69. The van der Waals surface area contributed by atoms with Crippen LogP contribution in [-0.2, 0) is 4.79 Å². The maximum absolute atomic E-state index is 9.98. The van der Waals surface area contributed by atoms with Crippen molar-refractivity contribution in [1.82, 2.24) is 5.32 Å². The fraction of sp³-hybridized carbons (Fsp3) is 0.875. The number of nitrogens with two attached hydrogens (primary N) is 1. The summed E-state index contributed by atoms with van der Waals surface area (Å²) in [5.74, 6) is 0.111. The fourth-order valence-electron chi connectivity index (χ4n) is 0.618. The van der Waals surface area contributed by atoms with E-state index in [2.05, 4.69) is 19.2 Å². The summed E-state index contributed by atoms with van der Waals surface area (Å²) in [6, 6.07) is 0. The molecule has 1 aliphatic rings. The van der Waals surface area contributed by atoms with Gasteiger partial charge in [0.25, 0.3) is 0 Å². The number of carbonyl (C=O) groups is 1. The predicted molar refractivity (Wildman–Crippen MR) is 46.1 cm³/mol. The van der Waals surface area contributed by atoms with Gasteiger partial charge in [-0.15, -0.1) is 0 Å². The number of amides is 1. The topological polar surface area (TPSA) is 55.1 Å². The van der Waals surface area contributed by atoms with Crippen molar-refractivity contribution in [2.75, 3.05) is 13.1 Å². The normalized spacial score (nSPS) is 15.1. The van der Waals surface area contributed by atoms with E-state index in [9.17, 15) is 4.79 Å². The minimum atomic E-state index is -0.130. The molecule has 0 heterocycles. The van der Waals surface area contributed by atoms with E-state index in [1.54, 1.807) is 0 Å². The Balaban J connectivity index is 0.000000187. The number of primary amides is 1. The van der Waals surface area contributed by atoms with Crippen LogP contribution in [0.5, 0.6) is 0 Å². The van der Waals surface area contributed by atoms with Crippen LogP contribution in [0.2, 0.25) is 0 Å². The molecule has 0 spiro atoms. The van der Waals surface area contributed by atoms with Crippen LogP contribution >= 0.6 is 0 Å². The maximum Gasteiger partial charge on any atom is 0.220 e. The third kappa shape index (κ3) is 7.33. The van der Waals surface area contributed by atoms with Gasteiger partial charge in [0, 0.05) is 5.92 Å². The average Bonchev–Trinajstić information content (AvgIpc) is 2.71. The summed E-state index contributed by atoms with van der Waals surface area (Å²) >= 11 is 0. The third-order valence-electron chi connectivity index (χ3n) is 1.48. The van der Waals surface area contributed by atoms with Crippen LogP contribution < -0.4 is 11.1 Å². The standard InChI is InChI=1S/C4H7NO.C4H11N/c5-4(6)3-1-2-3;1-3-5-4-2/h3H,1-2H2,(H2,5,6);5H,3-4H2,1-2H3. The molecule has 0 aromatic rings. The summed E-state index contributed by atoms with van der Waals surface area (Å²) in [6.07, 6.45) is 2.05. The van der Waals surface area contributed by atoms with Gasteiger partial charge in [0.05, 0.1) is 0 Å². The quantitative estimate of drug-likeness (QED) is 0.628. The van der Waals surface area contributed by atoms with Crippen molar-refractivity contribution < 1.29 is 4.79 Å². The highest BCUT2D eigenvalue weighted by Gasteiger charge is 2.26. The SMILES string of the molecule is CCNCC.NC(=O)C1CC1. The zero-order valence-electron chi connectivity index (χ0n) is 7.39. The molecule has 0 aromatic heterocycles. The van der Waals surface area contributed by atoms with E-state index in [0.29, 0.717) is 0 Å². The molecule has 1 saturated carbocycles. The van der Waals surface area contributed by atoms with Gasteiger partial charge in [-0.25, -0.2) is 0 Å². The summed E-state index contributed by atoms with van der Waals surface area (Å²) in [6.45, 7) is 6.39. The second kappa shape index (κ2) is 6.16. The van der Waals surface area contributed by atoms with E-state index in [0.717, 1.165) is 25.9 Å². The first-order chi connectivity index (χ1) is 5.22. The lowest BCUT2D eigenvalue weighted by molar-refractivity contribution is -0.119. The van der Waals surface area contributed by atoms with Crippen molar-refractivity contribution >= 4 is 5.91 Å². The number of hydrogen-bond acceptors (Lipinski definition) is 2. The number of carbonyl (C=O) groups excluding carboxylic acids is 1. The number of hydrogen-bond donors (Lipinski definition) is 2. The second-order valence-electron chi connectivity index (χ2n) is 2.63. The van der Waals surface area contributed by atoms with E-state index < -0.39 is 0 Å². The molecule has 0 aliphatic heterocycles. The highest BCUT2D eigenvalue weighted by Crippen LogP contribution is 2.27. The largest absolute Gasteiger partial charge is 0.369 e. The summed E-state index contributed by atoms with van der Waals surface area (Å²) in [4.78, 5) is 9.98. The van der Waals surface area contributed by atoms with E-state index in [1.165, 1.54) is 0 Å². The number of nitrogens with one attached hydrogen (secondary N) is 1. The lowest BCUT2D eigenvalue weighted by Crippen LogP contribution is -2.11. The Bertz CT molecular complexity index is 109. The molecular weight excluding hydrogens is 140 g/mol. The monoisotopic (exact) mass is 158 g/mol. The van der Waals surface area contributed by atoms with Crippen molar-refractivity contribution in [3.05, 3.63) is 0 Å². The fourth-order valence-corrected chi connectivity index (χ4v) is 0.618. The van der Waals surface area contributed by atoms with Crippen molar-refractivity contribution in [2.24, 2.45) is 11.7 Å². The molecule has 1 rings (SSSR count). The summed E-state index contributed by atoms with van der Waals surface area (Å²) in [5.41, 5.74) is 4.86. The lowest BCUT2D eigenvalue weighted by Gasteiger charge is -1.86. The van der Waals surface area contributed by atoms with Crippen LogP contribution in [0.15, 0.2) is 0 Å². The van der Waals surface area contributed by atoms with Gasteiger partial charge in [-0.05, 0) is 25.9 Å². The summed E-state index contributed by atoms with van der Waals surface area (Å²) in [7, 11) is 0. The van der Waals surface area contributed by atoms with E-state index in [1.807, 2.05) is 0 Å². The zero-order valence-corrected chi connectivity index (χ0v) is 7.39. The lowest BCUT2D eigenvalue weighted by atomic mass is 10.4. The molecule has 3 N–H and O–H groups in total. The minimum Gasteiger partial charge on any atom is -0.369 e. The summed E-state index contributed by atoms with van der Waals surface area (Å²) in [5, 5.41) is 3.11. The highest BCUT2D eigenvalue weighted by atomic mass is 16.1. The van der Waals surface area contributed by atoms with Gasteiger partial charge >= 0.3 is 0 Å². The Morgan fingerprint density at radius 3 is 1.91 bits per heavy atom. The maximum atomic E-state index is 9.98. The van der Waals surface area contributed by atoms with Gasteiger partial charge < -0.3 is 11.1 Å². The van der Waals surface area contributed by atoms with Gasteiger partial charge in [0.2, 0.25) is 5.91 Å². The van der Waals surface area contributed by atoms with Crippen molar-refractivity contribution in [2.45, 2.75) is 26.7 Å². The minimum absolute atomic E-state index is 0.130. The first-order valence-corrected chi connectivity index (χ1v) is 4.22. The summed E-state index contributed by atoms with van der Waals surface area (Å²) < 4.78 is 0. The third-order valence-corrected chi connectivity index (χ3v) is 1.48. The van der Waals surface area contributed by atoms with Crippen LogP contribution in [0.4, 0.5) is 0 Å². The number of rotatable bonds is 3. The van der Waals surface area contributed by atoms with Gasteiger partial charge in [0.1, 0.15) is 0 Å². The molecule has 0 saturated heterocycles. The van der Waals surface area contributed by atoms with Gasteiger partial charge in [0.15, 0.2) is 0 Å². The highest BCUT2D eigenvalue weighted by molar-refractivity contribution is 5.78. The molecule has 0 atom stereocenters. The second-order valence-corrected chi connectivity index (χ2v) is 2.63. The first kappa shape index (κ1) is 10.4. The van der Waals surface area contributed by atoms with Crippen molar-refractivity contribution in [3.63, 3.8) is 0 Å². The van der Waals surface area contributed by atoms with Crippen molar-refractivity contribution in [1.29, 1.82) is 0 Å². The van der Waals surface area contributed by atoms with Crippen LogP contribution in [0.25, 0.3) is 0 Å².